The number of benzene rings is 1. The molecule has 3 amide bonds. The molecule has 0 bridgehead atoms. The van der Waals surface area contributed by atoms with E-state index in [9.17, 15) is 14.0 Å². The molecule has 126 valence electrons. The fourth-order valence-electron chi connectivity index (χ4n) is 2.55. The minimum Gasteiger partial charge on any atom is -0.353 e. The number of hydrogen-bond acceptors (Lipinski definition) is 2. The van der Waals surface area contributed by atoms with Crippen molar-refractivity contribution in [3.8, 4) is 0 Å². The highest BCUT2D eigenvalue weighted by atomic mass is 35.5. The van der Waals surface area contributed by atoms with Gasteiger partial charge >= 0.3 is 6.03 Å². The van der Waals surface area contributed by atoms with E-state index in [1.165, 1.54) is 25.0 Å². The van der Waals surface area contributed by atoms with Crippen LogP contribution in [0.15, 0.2) is 18.2 Å². The molecule has 5 nitrogen and oxygen atoms in total. The summed E-state index contributed by atoms with van der Waals surface area (Å²) in [5, 5.41) is 8.23. The highest BCUT2D eigenvalue weighted by Crippen LogP contribution is 2.17. The molecule has 1 aliphatic carbocycles. The zero-order valence-electron chi connectivity index (χ0n) is 12.8. The molecule has 3 N–H and O–H groups in total. The molecule has 0 atom stereocenters. The zero-order chi connectivity index (χ0) is 16.7. The maximum atomic E-state index is 13.0. The fraction of sp³-hybridized carbons (Fsp3) is 0.500. The van der Waals surface area contributed by atoms with Gasteiger partial charge in [-0.3, -0.25) is 4.79 Å². The predicted octanol–water partition coefficient (Wildman–Crippen LogP) is 2.73. The molecule has 1 aliphatic rings. The first kappa shape index (κ1) is 17.5. The Labute approximate surface area is 140 Å². The molecule has 1 saturated carbocycles. The van der Waals surface area contributed by atoms with Crippen LogP contribution in [0.25, 0.3) is 0 Å². The van der Waals surface area contributed by atoms with Gasteiger partial charge in [0.1, 0.15) is 5.82 Å². The van der Waals surface area contributed by atoms with Crippen molar-refractivity contribution in [1.29, 1.82) is 0 Å². The lowest BCUT2D eigenvalue weighted by Crippen LogP contribution is -2.39. The number of carbonyl (C=O) groups excluding carboxylic acids is 2. The fourth-order valence-corrected chi connectivity index (χ4v) is 2.76. The van der Waals surface area contributed by atoms with Gasteiger partial charge in [0, 0.05) is 25.6 Å². The summed E-state index contributed by atoms with van der Waals surface area (Å²) < 4.78 is 13.0. The number of urea groups is 1. The number of rotatable bonds is 6. The molecule has 1 aromatic rings. The van der Waals surface area contributed by atoms with Gasteiger partial charge in [0.25, 0.3) is 0 Å². The number of halogens is 2. The Morgan fingerprint density at radius 1 is 1.22 bits per heavy atom. The van der Waals surface area contributed by atoms with Crippen LogP contribution in [-0.2, 0) is 11.3 Å². The monoisotopic (exact) mass is 341 g/mol. The SMILES string of the molecule is O=C(CCNC(=O)NCc1ccc(F)c(Cl)c1)NC1CCCC1. The third-order valence-electron chi connectivity index (χ3n) is 3.79. The van der Waals surface area contributed by atoms with Gasteiger partial charge in [0.15, 0.2) is 0 Å². The molecule has 0 heterocycles. The topological polar surface area (TPSA) is 70.2 Å². The van der Waals surface area contributed by atoms with Crippen LogP contribution in [0.5, 0.6) is 0 Å². The predicted molar refractivity (Wildman–Crippen MR) is 86.7 cm³/mol. The maximum absolute atomic E-state index is 13.0. The van der Waals surface area contributed by atoms with Gasteiger partial charge in [-0.05, 0) is 30.5 Å². The van der Waals surface area contributed by atoms with E-state index in [2.05, 4.69) is 16.0 Å². The minimum absolute atomic E-state index is 0.0216. The zero-order valence-corrected chi connectivity index (χ0v) is 13.6. The molecule has 2 rings (SSSR count). The number of amides is 3. The van der Waals surface area contributed by atoms with E-state index in [1.807, 2.05) is 0 Å². The van der Waals surface area contributed by atoms with Crippen molar-refractivity contribution in [3.05, 3.63) is 34.6 Å². The Morgan fingerprint density at radius 3 is 2.65 bits per heavy atom. The van der Waals surface area contributed by atoms with Gasteiger partial charge in [0.05, 0.1) is 5.02 Å². The summed E-state index contributed by atoms with van der Waals surface area (Å²) in [6.45, 7) is 0.509. The van der Waals surface area contributed by atoms with E-state index in [1.54, 1.807) is 6.07 Å². The third-order valence-corrected chi connectivity index (χ3v) is 4.08. The van der Waals surface area contributed by atoms with Crippen molar-refractivity contribution in [1.82, 2.24) is 16.0 Å². The second-order valence-corrected chi connectivity index (χ2v) is 6.06. The number of hydrogen-bond donors (Lipinski definition) is 3. The van der Waals surface area contributed by atoms with E-state index in [4.69, 9.17) is 11.6 Å². The van der Waals surface area contributed by atoms with E-state index in [0.717, 1.165) is 12.8 Å². The first-order chi connectivity index (χ1) is 11.0. The first-order valence-corrected chi connectivity index (χ1v) is 8.17. The Balaban J connectivity index is 1.61. The van der Waals surface area contributed by atoms with Gasteiger partial charge < -0.3 is 16.0 Å². The smallest absolute Gasteiger partial charge is 0.315 e. The largest absolute Gasteiger partial charge is 0.353 e. The maximum Gasteiger partial charge on any atom is 0.315 e. The van der Waals surface area contributed by atoms with Crippen LogP contribution in [0.3, 0.4) is 0 Å². The average molecular weight is 342 g/mol. The lowest BCUT2D eigenvalue weighted by Gasteiger charge is -2.12. The van der Waals surface area contributed by atoms with Crippen LogP contribution in [0.2, 0.25) is 5.02 Å². The van der Waals surface area contributed by atoms with Gasteiger partial charge in [-0.2, -0.15) is 0 Å². The van der Waals surface area contributed by atoms with Crippen molar-refractivity contribution in [3.63, 3.8) is 0 Å². The summed E-state index contributed by atoms with van der Waals surface area (Å²) in [4.78, 5) is 23.3. The molecular formula is C16H21ClFN3O2. The summed E-state index contributed by atoms with van der Waals surface area (Å²) in [6, 6.07) is 4.19. The van der Waals surface area contributed by atoms with E-state index >= 15 is 0 Å². The van der Waals surface area contributed by atoms with Crippen LogP contribution >= 0.6 is 11.6 Å². The molecule has 0 aliphatic heterocycles. The summed E-state index contributed by atoms with van der Waals surface area (Å²) in [5.74, 6) is -0.532. The van der Waals surface area contributed by atoms with Crippen molar-refractivity contribution in [2.24, 2.45) is 0 Å². The van der Waals surface area contributed by atoms with Crippen LogP contribution < -0.4 is 16.0 Å². The number of carbonyl (C=O) groups is 2. The average Bonchev–Trinajstić information content (AvgIpc) is 3.01. The standard InChI is InChI=1S/C16H21ClFN3O2/c17-13-9-11(5-6-14(13)18)10-20-16(23)19-8-7-15(22)21-12-3-1-2-4-12/h5-6,9,12H,1-4,7-8,10H2,(H,21,22)(H2,19,20,23). The lowest BCUT2D eigenvalue weighted by molar-refractivity contribution is -0.121. The quantitative estimate of drug-likeness (QED) is 0.744. The van der Waals surface area contributed by atoms with Crippen LogP contribution in [0.4, 0.5) is 9.18 Å². The van der Waals surface area contributed by atoms with Gasteiger partial charge in [0.2, 0.25) is 5.91 Å². The summed E-state index contributed by atoms with van der Waals surface area (Å²) in [6.07, 6.45) is 4.67. The van der Waals surface area contributed by atoms with Gasteiger partial charge in [-0.25, -0.2) is 9.18 Å². The molecule has 0 spiro atoms. The molecule has 0 unspecified atom stereocenters. The Kier molecular flexibility index (Phi) is 6.65. The van der Waals surface area contributed by atoms with Crippen molar-refractivity contribution >= 4 is 23.5 Å². The number of nitrogens with one attached hydrogen (secondary N) is 3. The Bertz CT molecular complexity index is 562. The summed E-state index contributed by atoms with van der Waals surface area (Å²) in [7, 11) is 0. The molecule has 1 aromatic carbocycles. The van der Waals surface area contributed by atoms with Crippen molar-refractivity contribution < 1.29 is 14.0 Å². The summed E-state index contributed by atoms with van der Waals surface area (Å²) >= 11 is 5.67. The second kappa shape index (κ2) is 8.72. The minimum atomic E-state index is -0.492. The van der Waals surface area contributed by atoms with Crippen LogP contribution in [0.1, 0.15) is 37.7 Å². The highest BCUT2D eigenvalue weighted by Gasteiger charge is 2.16. The van der Waals surface area contributed by atoms with E-state index in [0.29, 0.717) is 11.6 Å². The lowest BCUT2D eigenvalue weighted by atomic mass is 10.2. The Hall–Kier alpha value is -1.82. The molecule has 0 saturated heterocycles. The van der Waals surface area contributed by atoms with Crippen LogP contribution in [-0.4, -0.2) is 24.5 Å². The first-order valence-electron chi connectivity index (χ1n) is 7.79. The highest BCUT2D eigenvalue weighted by molar-refractivity contribution is 6.30. The normalized spacial score (nSPS) is 14.5. The third kappa shape index (κ3) is 6.06. The molecule has 7 heteroatoms. The van der Waals surface area contributed by atoms with E-state index < -0.39 is 5.82 Å². The van der Waals surface area contributed by atoms with Crippen LogP contribution in [0, 0.1) is 5.82 Å². The summed E-state index contributed by atoms with van der Waals surface area (Å²) in [5.41, 5.74) is 0.700. The van der Waals surface area contributed by atoms with E-state index in [-0.39, 0.29) is 36.5 Å². The van der Waals surface area contributed by atoms with Gasteiger partial charge in [-0.15, -0.1) is 0 Å². The Morgan fingerprint density at radius 2 is 1.96 bits per heavy atom. The molecule has 0 aromatic heterocycles. The molecule has 0 radical (unpaired) electrons. The van der Waals surface area contributed by atoms with Gasteiger partial charge in [-0.1, -0.05) is 30.5 Å². The molecular weight excluding hydrogens is 321 g/mol. The van der Waals surface area contributed by atoms with Crippen molar-refractivity contribution in [2.45, 2.75) is 44.7 Å². The van der Waals surface area contributed by atoms with Crippen molar-refractivity contribution in [2.75, 3.05) is 6.54 Å². The molecule has 1 fully saturated rings. The molecule has 23 heavy (non-hydrogen) atoms. The second-order valence-electron chi connectivity index (χ2n) is 5.66.